The van der Waals surface area contributed by atoms with Crippen molar-refractivity contribution in [3.63, 3.8) is 0 Å². The fourth-order valence-electron chi connectivity index (χ4n) is 2.41. The van der Waals surface area contributed by atoms with Gasteiger partial charge >= 0.3 is 11.9 Å². The maximum absolute atomic E-state index is 12.4. The summed E-state index contributed by atoms with van der Waals surface area (Å²) in [6.45, 7) is 4.07. The van der Waals surface area contributed by atoms with E-state index in [9.17, 15) is 9.59 Å². The minimum atomic E-state index is -0.505. The van der Waals surface area contributed by atoms with Crippen molar-refractivity contribution < 1.29 is 28.9 Å². The summed E-state index contributed by atoms with van der Waals surface area (Å²) in [5.41, 5.74) is 2.01. The third-order valence-electron chi connectivity index (χ3n) is 3.55. The minimum absolute atomic E-state index is 0.0654. The van der Waals surface area contributed by atoms with Gasteiger partial charge in [-0.05, 0) is 49.2 Å². The van der Waals surface area contributed by atoms with Gasteiger partial charge in [-0.1, -0.05) is 18.2 Å². The van der Waals surface area contributed by atoms with Gasteiger partial charge in [-0.2, -0.15) is 0 Å². The van der Waals surface area contributed by atoms with Gasteiger partial charge in [0.2, 0.25) is 0 Å². The van der Waals surface area contributed by atoms with E-state index in [0.717, 1.165) is 5.56 Å². The molecule has 0 saturated carbocycles. The van der Waals surface area contributed by atoms with E-state index in [1.165, 1.54) is 6.07 Å². The van der Waals surface area contributed by atoms with Crippen molar-refractivity contribution in [1.82, 2.24) is 0 Å². The van der Waals surface area contributed by atoms with Crippen molar-refractivity contribution in [1.29, 1.82) is 0 Å². The maximum atomic E-state index is 12.4. The van der Waals surface area contributed by atoms with Gasteiger partial charge in [0.15, 0.2) is 0 Å². The smallest absolute Gasteiger partial charge is 0.338 e. The summed E-state index contributed by atoms with van der Waals surface area (Å²) in [6, 6.07) is 11.9. The molecule has 0 unspecified atom stereocenters. The number of ether oxygens (including phenoxy) is 3. The van der Waals surface area contributed by atoms with Crippen molar-refractivity contribution in [2.24, 2.45) is 0 Å². The van der Waals surface area contributed by atoms with Gasteiger partial charge in [0.1, 0.15) is 12.4 Å². The lowest BCUT2D eigenvalue weighted by Gasteiger charge is -2.12. The van der Waals surface area contributed by atoms with Gasteiger partial charge in [0.25, 0.3) is 0 Å². The van der Waals surface area contributed by atoms with Crippen LogP contribution in [-0.2, 0) is 9.47 Å². The molecule has 0 aliphatic heterocycles. The number of rotatable bonds is 8. The molecule has 1 N–H and O–H groups in total. The molecule has 0 amide bonds. The van der Waals surface area contributed by atoms with E-state index < -0.39 is 11.9 Å². The molecule has 26 heavy (non-hydrogen) atoms. The Labute approximate surface area is 152 Å². The minimum Gasteiger partial charge on any atom is -0.491 e. The Balaban J connectivity index is 2.39. The number of hydrogen-bond donors (Lipinski definition) is 1. The average molecular weight is 358 g/mol. The highest BCUT2D eigenvalue weighted by atomic mass is 16.5. The predicted molar refractivity (Wildman–Crippen MR) is 96.4 cm³/mol. The summed E-state index contributed by atoms with van der Waals surface area (Å²) in [5, 5.41) is 8.80. The average Bonchev–Trinajstić information content (AvgIpc) is 2.66. The zero-order valence-corrected chi connectivity index (χ0v) is 14.9. The quantitative estimate of drug-likeness (QED) is 0.730. The molecule has 0 radical (unpaired) electrons. The third-order valence-corrected chi connectivity index (χ3v) is 3.55. The van der Waals surface area contributed by atoms with E-state index in [4.69, 9.17) is 19.3 Å². The van der Waals surface area contributed by atoms with Crippen LogP contribution in [0.4, 0.5) is 0 Å². The Morgan fingerprint density at radius 3 is 2.19 bits per heavy atom. The highest BCUT2D eigenvalue weighted by Gasteiger charge is 2.18. The van der Waals surface area contributed by atoms with Crippen LogP contribution in [0.25, 0.3) is 11.1 Å². The van der Waals surface area contributed by atoms with Crippen LogP contribution >= 0.6 is 0 Å². The lowest BCUT2D eigenvalue weighted by atomic mass is 9.97. The number of aliphatic hydroxyl groups is 1. The van der Waals surface area contributed by atoms with Crippen LogP contribution in [0.3, 0.4) is 0 Å². The van der Waals surface area contributed by atoms with Crippen LogP contribution < -0.4 is 4.74 Å². The van der Waals surface area contributed by atoms with Crippen LogP contribution in [0.2, 0.25) is 0 Å². The molecule has 0 atom stereocenters. The molecule has 0 bridgehead atoms. The number of benzene rings is 2. The van der Waals surface area contributed by atoms with E-state index in [-0.39, 0.29) is 26.4 Å². The molecule has 6 heteroatoms. The molecule has 0 heterocycles. The van der Waals surface area contributed by atoms with Gasteiger partial charge < -0.3 is 19.3 Å². The van der Waals surface area contributed by atoms with Crippen molar-refractivity contribution >= 4 is 11.9 Å². The summed E-state index contributed by atoms with van der Waals surface area (Å²) in [6.07, 6.45) is 0. The molecule has 0 aliphatic carbocycles. The van der Waals surface area contributed by atoms with E-state index >= 15 is 0 Å². The van der Waals surface area contributed by atoms with Gasteiger partial charge in [-0.3, -0.25) is 0 Å². The molecule has 0 spiro atoms. The van der Waals surface area contributed by atoms with Crippen molar-refractivity contribution in [3.8, 4) is 16.9 Å². The van der Waals surface area contributed by atoms with E-state index in [1.807, 2.05) is 0 Å². The normalized spacial score (nSPS) is 10.3. The number of esters is 2. The van der Waals surface area contributed by atoms with Crippen LogP contribution in [0.15, 0.2) is 42.5 Å². The Kier molecular flexibility index (Phi) is 7.17. The summed E-state index contributed by atoms with van der Waals surface area (Å²) < 4.78 is 15.4. The molecule has 2 rings (SSSR count). The highest BCUT2D eigenvalue weighted by Crippen LogP contribution is 2.28. The molecule has 0 aliphatic rings. The van der Waals surface area contributed by atoms with Crippen LogP contribution in [0.1, 0.15) is 34.6 Å². The van der Waals surface area contributed by atoms with E-state index in [2.05, 4.69) is 0 Å². The first-order valence-corrected chi connectivity index (χ1v) is 8.43. The molecule has 0 saturated heterocycles. The maximum Gasteiger partial charge on any atom is 0.338 e. The second-order valence-corrected chi connectivity index (χ2v) is 5.30. The molecule has 2 aromatic carbocycles. The van der Waals surface area contributed by atoms with Crippen LogP contribution in [-0.4, -0.2) is 43.5 Å². The SMILES string of the molecule is CCOC(=O)c1ccc(-c2ccc(OCCO)cc2)c(C(=O)OCC)c1. The molecular weight excluding hydrogens is 336 g/mol. The monoisotopic (exact) mass is 358 g/mol. The zero-order chi connectivity index (χ0) is 18.9. The first-order valence-electron chi connectivity index (χ1n) is 8.43. The van der Waals surface area contributed by atoms with Gasteiger partial charge in [0, 0.05) is 0 Å². The van der Waals surface area contributed by atoms with Crippen LogP contribution in [0.5, 0.6) is 5.75 Å². The summed E-state index contributed by atoms with van der Waals surface area (Å²) >= 11 is 0. The summed E-state index contributed by atoms with van der Waals surface area (Å²) in [5.74, 6) is -0.379. The van der Waals surface area contributed by atoms with Gasteiger partial charge in [0.05, 0.1) is 30.9 Å². The Morgan fingerprint density at radius 1 is 0.923 bits per heavy atom. The fraction of sp³-hybridized carbons (Fsp3) is 0.300. The van der Waals surface area contributed by atoms with Crippen LogP contribution in [0, 0.1) is 0 Å². The molecule has 0 fully saturated rings. The van der Waals surface area contributed by atoms with Gasteiger partial charge in [-0.15, -0.1) is 0 Å². The zero-order valence-electron chi connectivity index (χ0n) is 14.9. The molecule has 0 aromatic heterocycles. The second kappa shape index (κ2) is 9.58. The Morgan fingerprint density at radius 2 is 1.58 bits per heavy atom. The largest absolute Gasteiger partial charge is 0.491 e. The Bertz CT molecular complexity index is 751. The van der Waals surface area contributed by atoms with E-state index in [1.54, 1.807) is 50.2 Å². The molecule has 138 valence electrons. The third kappa shape index (κ3) is 4.83. The van der Waals surface area contributed by atoms with Gasteiger partial charge in [-0.25, -0.2) is 9.59 Å². The number of carbonyl (C=O) groups excluding carboxylic acids is 2. The summed E-state index contributed by atoms with van der Waals surface area (Å²) in [4.78, 5) is 24.3. The predicted octanol–water partition coefficient (Wildman–Crippen LogP) is 3.08. The van der Waals surface area contributed by atoms with Crippen molar-refractivity contribution in [3.05, 3.63) is 53.6 Å². The number of hydrogen-bond acceptors (Lipinski definition) is 6. The molecule has 6 nitrogen and oxygen atoms in total. The highest BCUT2D eigenvalue weighted by molar-refractivity contribution is 6.01. The lowest BCUT2D eigenvalue weighted by molar-refractivity contribution is 0.0526. The standard InChI is InChI=1S/C20H22O6/c1-3-24-19(22)15-7-10-17(18(13-15)20(23)25-4-2)14-5-8-16(9-6-14)26-12-11-21/h5-10,13,21H,3-4,11-12H2,1-2H3. The fourth-order valence-corrected chi connectivity index (χ4v) is 2.41. The first kappa shape index (κ1) is 19.5. The van der Waals surface area contributed by atoms with Crippen molar-refractivity contribution in [2.45, 2.75) is 13.8 Å². The Hall–Kier alpha value is -2.86. The number of aliphatic hydroxyl groups excluding tert-OH is 1. The summed E-state index contributed by atoms with van der Waals surface area (Å²) in [7, 11) is 0. The first-order chi connectivity index (χ1) is 12.6. The topological polar surface area (TPSA) is 82.1 Å². The molecular formula is C20H22O6. The van der Waals surface area contributed by atoms with Crippen molar-refractivity contribution in [2.75, 3.05) is 26.4 Å². The lowest BCUT2D eigenvalue weighted by Crippen LogP contribution is -2.10. The number of carbonyl (C=O) groups is 2. The second-order valence-electron chi connectivity index (χ2n) is 5.30. The van der Waals surface area contributed by atoms with E-state index in [0.29, 0.717) is 22.4 Å². The molecule has 2 aromatic rings.